The lowest BCUT2D eigenvalue weighted by molar-refractivity contribution is 0.669. The van der Waals surface area contributed by atoms with Gasteiger partial charge in [-0.05, 0) is 64.6 Å². The molecule has 0 unspecified atom stereocenters. The molecule has 0 aliphatic carbocycles. The van der Waals surface area contributed by atoms with E-state index in [4.69, 9.17) is 31.7 Å². The number of nitrogens with zero attached hydrogens (tertiary/aromatic N) is 4. The van der Waals surface area contributed by atoms with Crippen molar-refractivity contribution in [3.63, 3.8) is 0 Å². The predicted molar refractivity (Wildman–Crippen MR) is 236 cm³/mol. The van der Waals surface area contributed by atoms with Gasteiger partial charge in [-0.15, -0.1) is 11.3 Å². The van der Waals surface area contributed by atoms with Gasteiger partial charge in [0, 0.05) is 52.8 Å². The summed E-state index contributed by atoms with van der Waals surface area (Å²) in [6.45, 7) is 0. The predicted octanol–water partition coefficient (Wildman–Crippen LogP) is 13.9. The number of aromatic nitrogens is 4. The summed E-state index contributed by atoms with van der Waals surface area (Å²) in [6, 6.07) is 22.8. The number of hydrogen-bond donors (Lipinski definition) is 0. The summed E-state index contributed by atoms with van der Waals surface area (Å²) >= 11 is 0.948. The van der Waals surface area contributed by atoms with E-state index in [9.17, 15) is 6.85 Å². The van der Waals surface area contributed by atoms with Crippen LogP contribution in [0.25, 0.3) is 115 Å². The van der Waals surface area contributed by atoms with Crippen LogP contribution in [0.1, 0.15) is 19.2 Å². The fraction of sp³-hybridized carbons (Fsp3) is 0. The summed E-state index contributed by atoms with van der Waals surface area (Å²) in [6.07, 6.45) is 0. The molecule has 0 bridgehead atoms. The third-order valence-corrected chi connectivity index (χ3v) is 11.1. The van der Waals surface area contributed by atoms with Gasteiger partial charge in [0.1, 0.15) is 11.2 Å². The van der Waals surface area contributed by atoms with Crippen LogP contribution in [0.3, 0.4) is 0 Å². The van der Waals surface area contributed by atoms with Gasteiger partial charge in [-0.25, -0.2) is 4.98 Å². The molecule has 0 amide bonds. The zero-order valence-electron chi connectivity index (χ0n) is 43.3. The smallest absolute Gasteiger partial charge is 0.238 e. The van der Waals surface area contributed by atoms with E-state index in [1.807, 2.05) is 6.07 Å². The molecular weight excluding hydrogens is 717 g/mol. The van der Waals surface area contributed by atoms with Crippen LogP contribution in [0.15, 0.2) is 186 Å². The molecule has 0 N–H and O–H groups in total. The summed E-state index contributed by atoms with van der Waals surface area (Å²) in [5.74, 6) is 0.180. The molecule has 12 rings (SSSR count). The molecule has 8 aromatic carbocycles. The van der Waals surface area contributed by atoms with Crippen LogP contribution in [0.2, 0.25) is 0 Å². The summed E-state index contributed by atoms with van der Waals surface area (Å²) in [7, 11) is 0. The second kappa shape index (κ2) is 12.6. The van der Waals surface area contributed by atoms with Crippen molar-refractivity contribution in [2.24, 2.45) is 0 Å². The highest BCUT2D eigenvalue weighted by molar-refractivity contribution is 7.25. The standard InChI is InChI=1S/C51H30N4OS/c1-4-14-31(15-5-1)35-21-12-23-41-47(35)40-29-39-37-20-10-11-25-45(37)57-46(39)30-42(40)55(41)51-53-49(33-18-8-3-9-19-33)52-50(54-51)34-26-27-38-44(28-34)56-43-24-13-22-36(48(38)43)32-16-6-2-7-17-32/h1-30H/i2D,6D,7D,10D,11D,12D,16D,17D,20D,21D,23D,25D,29D,30D. The van der Waals surface area contributed by atoms with Crippen molar-refractivity contribution in [2.45, 2.75) is 0 Å². The minimum Gasteiger partial charge on any atom is -0.456 e. The monoisotopic (exact) mass is 760 g/mol. The van der Waals surface area contributed by atoms with Crippen LogP contribution < -0.4 is 0 Å². The van der Waals surface area contributed by atoms with E-state index in [0.29, 0.717) is 44.2 Å². The van der Waals surface area contributed by atoms with Gasteiger partial charge in [0.25, 0.3) is 0 Å². The summed E-state index contributed by atoms with van der Waals surface area (Å²) < 4.78 is 133. The molecule has 0 fully saturated rings. The van der Waals surface area contributed by atoms with Crippen molar-refractivity contribution in [3.05, 3.63) is 182 Å². The molecular formula is C51H30N4OS. The molecule has 4 aromatic heterocycles. The van der Waals surface area contributed by atoms with Crippen molar-refractivity contribution < 1.29 is 23.6 Å². The molecule has 0 aliphatic heterocycles. The molecule has 266 valence electrons. The largest absolute Gasteiger partial charge is 0.456 e. The average molecular weight is 761 g/mol. The SMILES string of the molecule is [2H]c1c([2H])c([2H])c(-c2cccc3oc4cc(-c5nc(-c6ccccc6)nc(-n6c7c([2H])c([2H])c([2H])c(-c8ccccc8)c7c7c([2H])c8c(sc9c([2H])c([2H])c([2H])c([2H])c98)c([2H])c76)n5)ccc4c23)c([2H])c1[2H]. The zero-order chi connectivity index (χ0) is 49.6. The molecule has 0 saturated carbocycles. The van der Waals surface area contributed by atoms with E-state index in [1.54, 1.807) is 91.0 Å². The van der Waals surface area contributed by atoms with E-state index in [1.165, 1.54) is 4.57 Å². The minimum absolute atomic E-state index is 0.0202. The maximum atomic E-state index is 10.0. The van der Waals surface area contributed by atoms with Crippen molar-refractivity contribution in [3.8, 4) is 51.0 Å². The average Bonchev–Trinajstić information content (AvgIpc) is 4.09. The lowest BCUT2D eigenvalue weighted by Crippen LogP contribution is -2.06. The first-order valence-electron chi connectivity index (χ1n) is 24.9. The number of rotatable bonds is 5. The van der Waals surface area contributed by atoms with Gasteiger partial charge >= 0.3 is 0 Å². The molecule has 6 heteroatoms. The Labute approximate surface area is 350 Å². The normalized spacial score (nSPS) is 15.3. The molecule has 0 spiro atoms. The summed E-state index contributed by atoms with van der Waals surface area (Å²) in [4.78, 5) is 15.0. The van der Waals surface area contributed by atoms with Gasteiger partial charge in [-0.2, -0.15) is 9.97 Å². The fourth-order valence-electron chi connectivity index (χ4n) is 7.54. The third kappa shape index (κ3) is 5.04. The number of thiophene rings is 1. The second-order valence-electron chi connectivity index (χ2n) is 13.3. The first kappa shape index (κ1) is 21.0. The van der Waals surface area contributed by atoms with Gasteiger partial charge < -0.3 is 4.42 Å². The highest BCUT2D eigenvalue weighted by Crippen LogP contribution is 2.44. The summed E-state index contributed by atoms with van der Waals surface area (Å²) in [5, 5.41) is 1.54. The third-order valence-electron chi connectivity index (χ3n) is 10.0. The van der Waals surface area contributed by atoms with Crippen LogP contribution in [-0.2, 0) is 0 Å². The van der Waals surface area contributed by atoms with Gasteiger partial charge in [0.15, 0.2) is 11.6 Å². The number of furan rings is 1. The Hall–Kier alpha value is -7.41. The Morgan fingerprint density at radius 1 is 0.474 bits per heavy atom. The van der Waals surface area contributed by atoms with E-state index in [0.717, 1.165) is 11.3 Å². The minimum atomic E-state index is -0.508. The van der Waals surface area contributed by atoms with Crippen molar-refractivity contribution >= 4 is 75.3 Å². The molecule has 4 heterocycles. The van der Waals surface area contributed by atoms with Crippen molar-refractivity contribution in [1.82, 2.24) is 19.5 Å². The highest BCUT2D eigenvalue weighted by atomic mass is 32.1. The Balaban J connectivity index is 1.20. The Kier molecular flexibility index (Phi) is 4.64. The van der Waals surface area contributed by atoms with Gasteiger partial charge in [0.2, 0.25) is 5.95 Å². The van der Waals surface area contributed by atoms with Crippen LogP contribution in [0, 0.1) is 0 Å². The lowest BCUT2D eigenvalue weighted by atomic mass is 9.99. The lowest BCUT2D eigenvalue weighted by Gasteiger charge is -2.11. The van der Waals surface area contributed by atoms with Gasteiger partial charge in [0.05, 0.1) is 30.2 Å². The number of fused-ring (bicyclic) bond motifs is 9. The first-order valence-corrected chi connectivity index (χ1v) is 18.7. The second-order valence-corrected chi connectivity index (χ2v) is 14.3. The van der Waals surface area contributed by atoms with E-state index >= 15 is 0 Å². The highest BCUT2D eigenvalue weighted by Gasteiger charge is 2.22. The Morgan fingerprint density at radius 3 is 2.09 bits per heavy atom. The molecule has 0 atom stereocenters. The molecule has 0 aliphatic rings. The van der Waals surface area contributed by atoms with Crippen LogP contribution in [-0.4, -0.2) is 19.5 Å². The first-order chi connectivity index (χ1) is 34.1. The van der Waals surface area contributed by atoms with E-state index < -0.39 is 42.3 Å². The quantitative estimate of drug-likeness (QED) is 0.175. The van der Waals surface area contributed by atoms with Gasteiger partial charge in [-0.3, -0.25) is 4.57 Å². The van der Waals surface area contributed by atoms with E-state index in [-0.39, 0.29) is 113 Å². The van der Waals surface area contributed by atoms with Gasteiger partial charge in [-0.1, -0.05) is 139 Å². The van der Waals surface area contributed by atoms with E-state index in [2.05, 4.69) is 0 Å². The van der Waals surface area contributed by atoms with Crippen molar-refractivity contribution in [1.29, 1.82) is 0 Å². The van der Waals surface area contributed by atoms with Crippen LogP contribution in [0.5, 0.6) is 0 Å². The Bertz CT molecular complexity index is 4320. The zero-order valence-corrected chi connectivity index (χ0v) is 30.2. The Morgan fingerprint density at radius 2 is 1.25 bits per heavy atom. The number of benzene rings is 8. The molecule has 12 aromatic rings. The maximum absolute atomic E-state index is 10.0. The molecule has 0 radical (unpaired) electrons. The maximum Gasteiger partial charge on any atom is 0.238 e. The van der Waals surface area contributed by atoms with Crippen LogP contribution >= 0.6 is 11.3 Å². The van der Waals surface area contributed by atoms with Crippen molar-refractivity contribution in [2.75, 3.05) is 0 Å². The fourth-order valence-corrected chi connectivity index (χ4v) is 8.50. The topological polar surface area (TPSA) is 56.7 Å². The number of hydrogen-bond acceptors (Lipinski definition) is 5. The molecule has 5 nitrogen and oxygen atoms in total. The summed E-state index contributed by atoms with van der Waals surface area (Å²) in [5.41, 5.74) is 2.90. The molecule has 0 saturated heterocycles. The van der Waals surface area contributed by atoms with Crippen LogP contribution in [0.4, 0.5) is 0 Å². The molecule has 57 heavy (non-hydrogen) atoms.